The molecule has 3 rings (SSSR count). The van der Waals surface area contributed by atoms with Crippen LogP contribution in [0.2, 0.25) is 0 Å². The molecule has 0 aliphatic rings. The molecular formula is C17H16N2O4S2. The second-order valence-corrected chi connectivity index (χ2v) is 7.52. The van der Waals surface area contributed by atoms with Crippen molar-refractivity contribution in [2.24, 2.45) is 0 Å². The SMILES string of the molecule is COc1ccc(-n2c(SCC(=O)O)nc3sc(C)c(C)c3c2=O)cc1. The van der Waals surface area contributed by atoms with E-state index in [0.29, 0.717) is 26.8 Å². The van der Waals surface area contributed by atoms with E-state index in [2.05, 4.69) is 4.98 Å². The first-order valence-corrected chi connectivity index (χ1v) is 9.24. The van der Waals surface area contributed by atoms with Crippen LogP contribution in [0.5, 0.6) is 5.75 Å². The third kappa shape index (κ3) is 3.27. The molecule has 130 valence electrons. The van der Waals surface area contributed by atoms with Crippen LogP contribution in [0.15, 0.2) is 34.2 Å². The highest BCUT2D eigenvalue weighted by Crippen LogP contribution is 2.29. The van der Waals surface area contributed by atoms with Gasteiger partial charge in [-0.3, -0.25) is 14.2 Å². The molecule has 8 heteroatoms. The van der Waals surface area contributed by atoms with Gasteiger partial charge in [-0.15, -0.1) is 11.3 Å². The number of nitrogens with zero attached hydrogens (tertiary/aromatic N) is 2. The number of ether oxygens (including phenoxy) is 1. The number of carbonyl (C=O) groups is 1. The molecule has 2 heterocycles. The van der Waals surface area contributed by atoms with Crippen molar-refractivity contribution in [3.05, 3.63) is 45.1 Å². The minimum absolute atomic E-state index is 0.169. The third-order valence-corrected chi connectivity index (χ3v) is 5.85. The van der Waals surface area contributed by atoms with Crippen LogP contribution in [0, 0.1) is 13.8 Å². The molecule has 0 atom stereocenters. The van der Waals surface area contributed by atoms with Gasteiger partial charge in [-0.25, -0.2) is 4.98 Å². The van der Waals surface area contributed by atoms with Crippen molar-refractivity contribution in [2.75, 3.05) is 12.9 Å². The highest BCUT2D eigenvalue weighted by atomic mass is 32.2. The predicted octanol–water partition coefficient (Wildman–Crippen LogP) is 3.25. The molecule has 0 amide bonds. The summed E-state index contributed by atoms with van der Waals surface area (Å²) in [6.45, 7) is 3.85. The highest BCUT2D eigenvalue weighted by molar-refractivity contribution is 7.99. The molecule has 0 fully saturated rings. The molecule has 0 saturated heterocycles. The number of carboxylic acid groups (broad SMARTS) is 1. The first-order valence-electron chi connectivity index (χ1n) is 7.44. The van der Waals surface area contributed by atoms with Crippen LogP contribution >= 0.6 is 23.1 Å². The molecule has 0 radical (unpaired) electrons. The number of thioether (sulfide) groups is 1. The van der Waals surface area contributed by atoms with Crippen molar-refractivity contribution >= 4 is 39.3 Å². The Labute approximate surface area is 152 Å². The second kappa shape index (κ2) is 6.89. The molecule has 6 nitrogen and oxygen atoms in total. The number of aliphatic carboxylic acids is 1. The molecule has 25 heavy (non-hydrogen) atoms. The number of rotatable bonds is 5. The molecule has 0 spiro atoms. The highest BCUT2D eigenvalue weighted by Gasteiger charge is 2.18. The summed E-state index contributed by atoms with van der Waals surface area (Å²) in [7, 11) is 1.57. The molecule has 0 aliphatic heterocycles. The Balaban J connectivity index is 2.26. The summed E-state index contributed by atoms with van der Waals surface area (Å²) in [5.74, 6) is -0.454. The van der Waals surface area contributed by atoms with E-state index in [1.807, 2.05) is 13.8 Å². The largest absolute Gasteiger partial charge is 0.497 e. The Kier molecular flexibility index (Phi) is 4.82. The van der Waals surface area contributed by atoms with Crippen molar-refractivity contribution in [1.29, 1.82) is 0 Å². The summed E-state index contributed by atoms with van der Waals surface area (Å²) in [5, 5.41) is 9.93. The van der Waals surface area contributed by atoms with Crippen molar-refractivity contribution in [3.8, 4) is 11.4 Å². The summed E-state index contributed by atoms with van der Waals surface area (Å²) in [6, 6.07) is 7.02. The van der Waals surface area contributed by atoms with Crippen molar-refractivity contribution in [1.82, 2.24) is 9.55 Å². The fraction of sp³-hybridized carbons (Fsp3) is 0.235. The van der Waals surface area contributed by atoms with Crippen LogP contribution in [-0.4, -0.2) is 33.5 Å². The smallest absolute Gasteiger partial charge is 0.313 e. The fourth-order valence-electron chi connectivity index (χ4n) is 2.46. The lowest BCUT2D eigenvalue weighted by Crippen LogP contribution is -2.22. The van der Waals surface area contributed by atoms with Crippen LogP contribution < -0.4 is 10.3 Å². The lowest BCUT2D eigenvalue weighted by molar-refractivity contribution is -0.133. The van der Waals surface area contributed by atoms with Gasteiger partial charge in [-0.2, -0.15) is 0 Å². The minimum atomic E-state index is -0.959. The number of fused-ring (bicyclic) bond motifs is 1. The molecule has 1 N–H and O–H groups in total. The van der Waals surface area contributed by atoms with Crippen molar-refractivity contribution in [3.63, 3.8) is 0 Å². The van der Waals surface area contributed by atoms with Gasteiger partial charge in [-0.1, -0.05) is 11.8 Å². The van der Waals surface area contributed by atoms with Gasteiger partial charge in [0.15, 0.2) is 5.16 Å². The van der Waals surface area contributed by atoms with E-state index in [1.165, 1.54) is 15.9 Å². The van der Waals surface area contributed by atoms with Gasteiger partial charge >= 0.3 is 5.97 Å². The van der Waals surface area contributed by atoms with Gasteiger partial charge in [0.05, 0.1) is 23.9 Å². The number of hydrogen-bond acceptors (Lipinski definition) is 6. The van der Waals surface area contributed by atoms with Gasteiger partial charge in [-0.05, 0) is 43.7 Å². The minimum Gasteiger partial charge on any atom is -0.497 e. The van der Waals surface area contributed by atoms with Crippen molar-refractivity contribution < 1.29 is 14.6 Å². The Morgan fingerprint density at radius 2 is 2.00 bits per heavy atom. The van der Waals surface area contributed by atoms with Gasteiger partial charge in [0.2, 0.25) is 0 Å². The standard InChI is InChI=1S/C17H16N2O4S2/c1-9-10(2)25-15-14(9)16(22)19(17(18-15)24-8-13(20)21)11-4-6-12(23-3)7-5-11/h4-7H,8H2,1-3H3,(H,20,21). The van der Waals surface area contributed by atoms with Gasteiger partial charge in [0, 0.05) is 4.88 Å². The van der Waals surface area contributed by atoms with Gasteiger partial charge < -0.3 is 9.84 Å². The molecule has 3 aromatic rings. The Morgan fingerprint density at radius 1 is 1.32 bits per heavy atom. The fourth-order valence-corrected chi connectivity index (χ4v) is 4.26. The summed E-state index contributed by atoms with van der Waals surface area (Å²) in [6.07, 6.45) is 0. The zero-order chi connectivity index (χ0) is 18.1. The molecule has 0 aliphatic carbocycles. The molecule has 1 aromatic carbocycles. The first kappa shape index (κ1) is 17.5. The lowest BCUT2D eigenvalue weighted by Gasteiger charge is -2.12. The van der Waals surface area contributed by atoms with E-state index in [9.17, 15) is 9.59 Å². The van der Waals surface area contributed by atoms with Gasteiger partial charge in [0.1, 0.15) is 10.6 Å². The topological polar surface area (TPSA) is 81.4 Å². The van der Waals surface area contributed by atoms with E-state index >= 15 is 0 Å². The third-order valence-electron chi connectivity index (χ3n) is 3.83. The maximum absolute atomic E-state index is 13.1. The molecule has 2 aromatic heterocycles. The number of methoxy groups -OCH3 is 1. The van der Waals surface area contributed by atoms with E-state index in [1.54, 1.807) is 31.4 Å². The number of aromatic nitrogens is 2. The molecular weight excluding hydrogens is 360 g/mol. The zero-order valence-electron chi connectivity index (χ0n) is 13.9. The quantitative estimate of drug-likeness (QED) is 0.544. The summed E-state index contributed by atoms with van der Waals surface area (Å²) in [5.41, 5.74) is 1.34. The molecule has 0 saturated carbocycles. The van der Waals surface area contributed by atoms with E-state index in [4.69, 9.17) is 9.84 Å². The summed E-state index contributed by atoms with van der Waals surface area (Å²) < 4.78 is 6.62. The number of aryl methyl sites for hydroxylation is 2. The average molecular weight is 376 g/mol. The number of thiophene rings is 1. The lowest BCUT2D eigenvalue weighted by atomic mass is 10.2. The maximum Gasteiger partial charge on any atom is 0.313 e. The maximum atomic E-state index is 13.1. The van der Waals surface area contributed by atoms with E-state index < -0.39 is 5.97 Å². The van der Waals surface area contributed by atoms with E-state index in [0.717, 1.165) is 22.2 Å². The van der Waals surface area contributed by atoms with Crippen LogP contribution in [0.25, 0.3) is 15.9 Å². The van der Waals surface area contributed by atoms with Crippen LogP contribution in [0.3, 0.4) is 0 Å². The number of benzene rings is 1. The van der Waals surface area contributed by atoms with E-state index in [-0.39, 0.29) is 11.3 Å². The van der Waals surface area contributed by atoms with Crippen LogP contribution in [0.4, 0.5) is 0 Å². The van der Waals surface area contributed by atoms with Crippen LogP contribution in [-0.2, 0) is 4.79 Å². The zero-order valence-corrected chi connectivity index (χ0v) is 15.5. The second-order valence-electron chi connectivity index (χ2n) is 5.38. The Bertz CT molecular complexity index is 1010. The molecule has 0 bridgehead atoms. The number of carboxylic acids is 1. The monoisotopic (exact) mass is 376 g/mol. The molecule has 0 unspecified atom stereocenters. The predicted molar refractivity (Wildman–Crippen MR) is 99.6 cm³/mol. The van der Waals surface area contributed by atoms with Crippen LogP contribution in [0.1, 0.15) is 10.4 Å². The number of hydrogen-bond donors (Lipinski definition) is 1. The first-order chi connectivity index (χ1) is 11.9. The van der Waals surface area contributed by atoms with Crippen molar-refractivity contribution in [2.45, 2.75) is 19.0 Å². The summed E-state index contributed by atoms with van der Waals surface area (Å²) in [4.78, 5) is 30.3. The normalized spacial score (nSPS) is 11.0. The Morgan fingerprint density at radius 3 is 2.60 bits per heavy atom. The average Bonchev–Trinajstić information content (AvgIpc) is 2.87. The van der Waals surface area contributed by atoms with Gasteiger partial charge in [0.25, 0.3) is 5.56 Å². The summed E-state index contributed by atoms with van der Waals surface area (Å²) >= 11 is 2.48. The Hall–Kier alpha value is -2.32.